The third kappa shape index (κ3) is 3.78. The standard InChI is InChI=1S/C23H21N3O2/c1-27-18-11-17(12-19(15-18)28-2)14-23-21-6-4-3-5-20(21)22(25-26-23)13-16-7-9-24-10-8-16/h3-12,15H,13-14H2,1-2H3. The summed E-state index contributed by atoms with van der Waals surface area (Å²) in [6.07, 6.45) is 4.98. The normalized spacial score (nSPS) is 10.8. The van der Waals surface area contributed by atoms with Crippen LogP contribution in [0.4, 0.5) is 0 Å². The third-order valence-electron chi connectivity index (χ3n) is 4.74. The Morgan fingerprint density at radius 3 is 1.75 bits per heavy atom. The van der Waals surface area contributed by atoms with Crippen LogP contribution in [0.15, 0.2) is 67.0 Å². The number of hydrogen-bond acceptors (Lipinski definition) is 5. The fourth-order valence-electron chi connectivity index (χ4n) is 3.33. The molecule has 0 aliphatic heterocycles. The molecular formula is C23H21N3O2. The van der Waals surface area contributed by atoms with Crippen molar-refractivity contribution in [2.24, 2.45) is 0 Å². The van der Waals surface area contributed by atoms with Crippen LogP contribution >= 0.6 is 0 Å². The molecule has 0 saturated heterocycles. The van der Waals surface area contributed by atoms with E-state index in [0.29, 0.717) is 6.42 Å². The number of hydrogen-bond donors (Lipinski definition) is 0. The quantitative estimate of drug-likeness (QED) is 0.508. The fourth-order valence-corrected chi connectivity index (χ4v) is 3.33. The lowest BCUT2D eigenvalue weighted by molar-refractivity contribution is 0.393. The molecule has 0 aliphatic carbocycles. The number of nitrogens with zero attached hydrogens (tertiary/aromatic N) is 3. The Bertz CT molecular complexity index is 1080. The molecule has 5 heteroatoms. The van der Waals surface area contributed by atoms with Gasteiger partial charge in [-0.15, -0.1) is 0 Å². The van der Waals surface area contributed by atoms with Gasteiger partial charge in [0.05, 0.1) is 25.6 Å². The molecule has 28 heavy (non-hydrogen) atoms. The van der Waals surface area contributed by atoms with Gasteiger partial charge >= 0.3 is 0 Å². The van der Waals surface area contributed by atoms with E-state index in [1.165, 1.54) is 5.56 Å². The molecule has 0 amide bonds. The number of rotatable bonds is 6. The minimum Gasteiger partial charge on any atom is -0.497 e. The van der Waals surface area contributed by atoms with Crippen molar-refractivity contribution in [2.45, 2.75) is 12.8 Å². The number of methoxy groups -OCH3 is 2. The molecule has 0 atom stereocenters. The molecule has 0 bridgehead atoms. The van der Waals surface area contributed by atoms with E-state index in [-0.39, 0.29) is 0 Å². The smallest absolute Gasteiger partial charge is 0.122 e. The molecule has 5 nitrogen and oxygen atoms in total. The molecule has 0 fully saturated rings. The SMILES string of the molecule is COc1cc(Cc2nnc(Cc3ccncc3)c3ccccc23)cc(OC)c1. The average molecular weight is 371 g/mol. The van der Waals surface area contributed by atoms with E-state index in [4.69, 9.17) is 9.47 Å². The molecule has 2 aromatic heterocycles. The Hall–Kier alpha value is -3.47. The fraction of sp³-hybridized carbons (Fsp3) is 0.174. The Balaban J connectivity index is 1.72. The van der Waals surface area contributed by atoms with Crippen LogP contribution in [0.2, 0.25) is 0 Å². The van der Waals surface area contributed by atoms with E-state index in [9.17, 15) is 0 Å². The number of pyridine rings is 1. The van der Waals surface area contributed by atoms with Gasteiger partial charge in [0.25, 0.3) is 0 Å². The van der Waals surface area contributed by atoms with Crippen LogP contribution in [0.1, 0.15) is 22.5 Å². The zero-order valence-corrected chi connectivity index (χ0v) is 15.9. The van der Waals surface area contributed by atoms with Crippen molar-refractivity contribution < 1.29 is 9.47 Å². The van der Waals surface area contributed by atoms with Crippen LogP contribution in [0, 0.1) is 0 Å². The Labute approximate surface area is 164 Å². The van der Waals surface area contributed by atoms with Gasteiger partial charge in [0, 0.05) is 42.1 Å². The monoisotopic (exact) mass is 371 g/mol. The van der Waals surface area contributed by atoms with Gasteiger partial charge in [-0.05, 0) is 35.4 Å². The van der Waals surface area contributed by atoms with Crippen LogP contribution in [0.5, 0.6) is 11.5 Å². The van der Waals surface area contributed by atoms with E-state index < -0.39 is 0 Å². The lowest BCUT2D eigenvalue weighted by atomic mass is 10.0. The molecule has 4 rings (SSSR count). The van der Waals surface area contributed by atoms with Crippen molar-refractivity contribution in [1.29, 1.82) is 0 Å². The summed E-state index contributed by atoms with van der Waals surface area (Å²) in [5.74, 6) is 1.53. The van der Waals surface area contributed by atoms with Gasteiger partial charge < -0.3 is 9.47 Å². The predicted octanol–water partition coefficient (Wildman–Crippen LogP) is 4.22. The Kier molecular flexibility index (Phi) is 5.15. The van der Waals surface area contributed by atoms with Gasteiger partial charge in [-0.2, -0.15) is 10.2 Å². The average Bonchev–Trinajstić information content (AvgIpc) is 2.76. The van der Waals surface area contributed by atoms with E-state index in [1.54, 1.807) is 26.6 Å². The number of fused-ring (bicyclic) bond motifs is 1. The molecule has 0 unspecified atom stereocenters. The molecule has 0 spiro atoms. The van der Waals surface area contributed by atoms with E-state index in [2.05, 4.69) is 27.3 Å². The van der Waals surface area contributed by atoms with Crippen molar-refractivity contribution in [3.05, 3.63) is 89.5 Å². The van der Waals surface area contributed by atoms with E-state index in [0.717, 1.165) is 45.6 Å². The molecule has 0 N–H and O–H groups in total. The summed E-state index contributed by atoms with van der Waals surface area (Å²) in [4.78, 5) is 4.08. The largest absolute Gasteiger partial charge is 0.497 e. The summed E-state index contributed by atoms with van der Waals surface area (Å²) < 4.78 is 10.8. The van der Waals surface area contributed by atoms with E-state index >= 15 is 0 Å². The highest BCUT2D eigenvalue weighted by molar-refractivity contribution is 5.86. The summed E-state index contributed by atoms with van der Waals surface area (Å²) in [5.41, 5.74) is 4.13. The Morgan fingerprint density at radius 2 is 1.21 bits per heavy atom. The maximum absolute atomic E-state index is 5.39. The third-order valence-corrected chi connectivity index (χ3v) is 4.74. The topological polar surface area (TPSA) is 57.1 Å². The minimum atomic E-state index is 0.649. The molecular weight excluding hydrogens is 350 g/mol. The first-order valence-corrected chi connectivity index (χ1v) is 9.11. The zero-order chi connectivity index (χ0) is 19.3. The van der Waals surface area contributed by atoms with Crippen molar-refractivity contribution in [2.75, 3.05) is 14.2 Å². The second kappa shape index (κ2) is 8.05. The second-order valence-electron chi connectivity index (χ2n) is 6.57. The molecule has 2 aromatic carbocycles. The van der Waals surface area contributed by atoms with Crippen LogP contribution in [0.25, 0.3) is 10.8 Å². The zero-order valence-electron chi connectivity index (χ0n) is 15.9. The highest BCUT2D eigenvalue weighted by Gasteiger charge is 2.12. The molecule has 140 valence electrons. The van der Waals surface area contributed by atoms with Crippen molar-refractivity contribution in [1.82, 2.24) is 15.2 Å². The summed E-state index contributed by atoms with van der Waals surface area (Å²) in [5, 5.41) is 11.4. The summed E-state index contributed by atoms with van der Waals surface area (Å²) in [6.45, 7) is 0. The number of aromatic nitrogens is 3. The van der Waals surface area contributed by atoms with Gasteiger partial charge in [-0.3, -0.25) is 4.98 Å². The van der Waals surface area contributed by atoms with Crippen molar-refractivity contribution in [3.63, 3.8) is 0 Å². The van der Waals surface area contributed by atoms with Crippen LogP contribution in [-0.2, 0) is 12.8 Å². The molecule has 0 radical (unpaired) electrons. The maximum Gasteiger partial charge on any atom is 0.122 e. The highest BCUT2D eigenvalue weighted by atomic mass is 16.5. The van der Waals surface area contributed by atoms with Crippen LogP contribution in [-0.4, -0.2) is 29.4 Å². The predicted molar refractivity (Wildman–Crippen MR) is 109 cm³/mol. The minimum absolute atomic E-state index is 0.649. The Morgan fingerprint density at radius 1 is 0.679 bits per heavy atom. The van der Waals surface area contributed by atoms with Gasteiger partial charge in [0.15, 0.2) is 0 Å². The summed E-state index contributed by atoms with van der Waals surface area (Å²) in [6, 6.07) is 18.2. The van der Waals surface area contributed by atoms with Crippen LogP contribution < -0.4 is 9.47 Å². The molecule has 0 saturated carbocycles. The molecule has 2 heterocycles. The first-order chi connectivity index (χ1) is 13.8. The number of benzene rings is 2. The van der Waals surface area contributed by atoms with Gasteiger partial charge in [0.1, 0.15) is 11.5 Å². The lowest BCUT2D eigenvalue weighted by Gasteiger charge is -2.11. The van der Waals surface area contributed by atoms with Gasteiger partial charge in [-0.1, -0.05) is 24.3 Å². The van der Waals surface area contributed by atoms with Crippen molar-refractivity contribution >= 4 is 10.8 Å². The van der Waals surface area contributed by atoms with Crippen molar-refractivity contribution in [3.8, 4) is 11.5 Å². The lowest BCUT2D eigenvalue weighted by Crippen LogP contribution is -2.03. The first-order valence-electron chi connectivity index (χ1n) is 9.11. The summed E-state index contributed by atoms with van der Waals surface area (Å²) in [7, 11) is 3.31. The first kappa shape index (κ1) is 17.9. The van der Waals surface area contributed by atoms with Gasteiger partial charge in [0.2, 0.25) is 0 Å². The second-order valence-corrected chi connectivity index (χ2v) is 6.57. The van der Waals surface area contributed by atoms with E-state index in [1.807, 2.05) is 42.5 Å². The molecule has 4 aromatic rings. The highest BCUT2D eigenvalue weighted by Crippen LogP contribution is 2.27. The van der Waals surface area contributed by atoms with Gasteiger partial charge in [-0.25, -0.2) is 0 Å². The maximum atomic E-state index is 5.39. The summed E-state index contributed by atoms with van der Waals surface area (Å²) >= 11 is 0. The van der Waals surface area contributed by atoms with Crippen LogP contribution in [0.3, 0.4) is 0 Å². The molecule has 0 aliphatic rings. The number of ether oxygens (including phenoxy) is 2.